The highest BCUT2D eigenvalue weighted by atomic mass is 35.5. The van der Waals surface area contributed by atoms with E-state index in [1.807, 2.05) is 30.3 Å². The van der Waals surface area contributed by atoms with E-state index in [1.54, 1.807) is 0 Å². The molecular weight excluding hydrogens is 313 g/mol. The molecule has 0 bridgehead atoms. The van der Waals surface area contributed by atoms with E-state index in [0.29, 0.717) is 0 Å². The number of fused-ring (bicyclic) bond motifs is 3. The number of halogens is 2. The average Bonchev–Trinajstić information content (AvgIpc) is 2.82. The molecule has 4 rings (SSSR count). The lowest BCUT2D eigenvalue weighted by molar-refractivity contribution is 1.17. The highest BCUT2D eigenvalue weighted by Gasteiger charge is 2.14. The van der Waals surface area contributed by atoms with E-state index < -0.39 is 0 Å². The molecule has 0 aliphatic rings. The van der Waals surface area contributed by atoms with E-state index in [4.69, 9.17) is 23.2 Å². The summed E-state index contributed by atoms with van der Waals surface area (Å²) in [5, 5.41) is 3.88. The number of aryl methyl sites for hydroxylation is 1. The summed E-state index contributed by atoms with van der Waals surface area (Å²) in [6.07, 6.45) is 0. The number of rotatable bonds is 1. The third-order valence-electron chi connectivity index (χ3n) is 4.02. The Morgan fingerprint density at radius 2 is 1.55 bits per heavy atom. The van der Waals surface area contributed by atoms with Crippen molar-refractivity contribution in [3.63, 3.8) is 0 Å². The SMILES string of the molecule is Cc1cccc2c3ccc(Cl)cc3n(-c3cccc(Cl)c3)c12. The Morgan fingerprint density at radius 1 is 0.773 bits per heavy atom. The minimum absolute atomic E-state index is 0.725. The van der Waals surface area contributed by atoms with Crippen molar-refractivity contribution in [2.24, 2.45) is 0 Å². The van der Waals surface area contributed by atoms with Gasteiger partial charge in [0.25, 0.3) is 0 Å². The maximum absolute atomic E-state index is 6.24. The predicted octanol–water partition coefficient (Wildman–Crippen LogP) is 6.40. The summed E-state index contributed by atoms with van der Waals surface area (Å²) in [6, 6.07) is 20.3. The molecule has 3 aromatic carbocycles. The Balaban J connectivity index is 2.25. The third-order valence-corrected chi connectivity index (χ3v) is 4.49. The van der Waals surface area contributed by atoms with Crippen LogP contribution < -0.4 is 0 Å². The minimum Gasteiger partial charge on any atom is -0.309 e. The van der Waals surface area contributed by atoms with Gasteiger partial charge in [0.05, 0.1) is 11.0 Å². The summed E-state index contributed by atoms with van der Waals surface area (Å²) in [5.74, 6) is 0. The molecule has 108 valence electrons. The molecule has 0 aliphatic heterocycles. The number of aromatic nitrogens is 1. The Kier molecular flexibility index (Phi) is 3.14. The van der Waals surface area contributed by atoms with Gasteiger partial charge in [0.2, 0.25) is 0 Å². The lowest BCUT2D eigenvalue weighted by atomic mass is 10.1. The van der Waals surface area contributed by atoms with Crippen LogP contribution in [0.5, 0.6) is 0 Å². The zero-order chi connectivity index (χ0) is 15.3. The Hall–Kier alpha value is -1.96. The lowest BCUT2D eigenvalue weighted by Gasteiger charge is -2.09. The van der Waals surface area contributed by atoms with E-state index in [1.165, 1.54) is 21.9 Å². The smallest absolute Gasteiger partial charge is 0.0570 e. The second kappa shape index (κ2) is 5.05. The van der Waals surface area contributed by atoms with Crippen molar-refractivity contribution < 1.29 is 0 Å². The van der Waals surface area contributed by atoms with Crippen LogP contribution in [0.4, 0.5) is 0 Å². The highest BCUT2D eigenvalue weighted by Crippen LogP contribution is 2.35. The largest absolute Gasteiger partial charge is 0.309 e. The van der Waals surface area contributed by atoms with Crippen LogP contribution in [0.2, 0.25) is 10.0 Å². The first-order valence-corrected chi connectivity index (χ1v) is 7.86. The van der Waals surface area contributed by atoms with Crippen molar-refractivity contribution in [3.8, 4) is 5.69 Å². The van der Waals surface area contributed by atoms with Crippen molar-refractivity contribution in [2.45, 2.75) is 6.92 Å². The van der Waals surface area contributed by atoms with Gasteiger partial charge in [-0.1, -0.05) is 53.5 Å². The fraction of sp³-hybridized carbons (Fsp3) is 0.0526. The molecule has 0 saturated carbocycles. The minimum atomic E-state index is 0.725. The van der Waals surface area contributed by atoms with Crippen molar-refractivity contribution in [1.82, 2.24) is 4.57 Å². The van der Waals surface area contributed by atoms with Crippen LogP contribution in [-0.2, 0) is 0 Å². The van der Waals surface area contributed by atoms with Gasteiger partial charge in [-0.15, -0.1) is 0 Å². The van der Waals surface area contributed by atoms with Crippen molar-refractivity contribution in [3.05, 3.63) is 76.3 Å². The zero-order valence-electron chi connectivity index (χ0n) is 12.0. The molecule has 0 aliphatic carbocycles. The fourth-order valence-corrected chi connectivity index (χ4v) is 3.45. The fourth-order valence-electron chi connectivity index (χ4n) is 3.09. The van der Waals surface area contributed by atoms with Gasteiger partial charge in [0.15, 0.2) is 0 Å². The molecule has 1 aromatic heterocycles. The van der Waals surface area contributed by atoms with Gasteiger partial charge < -0.3 is 4.57 Å². The first kappa shape index (κ1) is 13.7. The summed E-state index contributed by atoms with van der Waals surface area (Å²) in [5.41, 5.74) is 4.56. The molecule has 0 atom stereocenters. The van der Waals surface area contributed by atoms with Gasteiger partial charge in [-0.05, 0) is 42.8 Å². The summed E-state index contributed by atoms with van der Waals surface area (Å²) in [6.45, 7) is 2.13. The van der Waals surface area contributed by atoms with Gasteiger partial charge in [-0.3, -0.25) is 0 Å². The van der Waals surface area contributed by atoms with Crippen LogP contribution >= 0.6 is 23.2 Å². The van der Waals surface area contributed by atoms with E-state index in [0.717, 1.165) is 21.2 Å². The Labute approximate surface area is 138 Å². The number of hydrogen-bond donors (Lipinski definition) is 0. The van der Waals surface area contributed by atoms with E-state index in [2.05, 4.69) is 41.8 Å². The first-order chi connectivity index (χ1) is 10.6. The number of hydrogen-bond acceptors (Lipinski definition) is 0. The molecule has 0 N–H and O–H groups in total. The topological polar surface area (TPSA) is 4.93 Å². The standard InChI is InChI=1S/C19H13Cl2N/c1-12-4-2-7-17-16-9-8-14(21)11-18(16)22(19(12)17)15-6-3-5-13(20)10-15/h2-11H,1H3. The van der Waals surface area contributed by atoms with E-state index in [9.17, 15) is 0 Å². The molecule has 0 unspecified atom stereocenters. The van der Waals surface area contributed by atoms with Crippen LogP contribution in [0.1, 0.15) is 5.56 Å². The monoisotopic (exact) mass is 325 g/mol. The Morgan fingerprint density at radius 3 is 2.36 bits per heavy atom. The van der Waals surface area contributed by atoms with Crippen LogP contribution in [-0.4, -0.2) is 4.57 Å². The van der Waals surface area contributed by atoms with Crippen LogP contribution in [0.25, 0.3) is 27.5 Å². The molecule has 4 aromatic rings. The molecule has 0 radical (unpaired) electrons. The average molecular weight is 326 g/mol. The second-order valence-corrected chi connectivity index (χ2v) is 6.32. The van der Waals surface area contributed by atoms with Gasteiger partial charge in [0.1, 0.15) is 0 Å². The molecule has 0 fully saturated rings. The maximum Gasteiger partial charge on any atom is 0.0570 e. The molecule has 0 spiro atoms. The van der Waals surface area contributed by atoms with Crippen LogP contribution in [0.3, 0.4) is 0 Å². The molecular formula is C19H13Cl2N. The maximum atomic E-state index is 6.24. The normalized spacial score (nSPS) is 11.4. The Bertz CT molecular complexity index is 1010. The molecule has 22 heavy (non-hydrogen) atoms. The summed E-state index contributed by atoms with van der Waals surface area (Å²) in [7, 11) is 0. The lowest BCUT2D eigenvalue weighted by Crippen LogP contribution is -1.95. The summed E-state index contributed by atoms with van der Waals surface area (Å²) < 4.78 is 2.23. The van der Waals surface area contributed by atoms with Crippen LogP contribution in [0, 0.1) is 6.92 Å². The van der Waals surface area contributed by atoms with Gasteiger partial charge in [-0.2, -0.15) is 0 Å². The predicted molar refractivity (Wildman–Crippen MR) is 95.5 cm³/mol. The van der Waals surface area contributed by atoms with Crippen molar-refractivity contribution >= 4 is 45.0 Å². The van der Waals surface area contributed by atoms with Gasteiger partial charge in [0, 0.05) is 26.5 Å². The van der Waals surface area contributed by atoms with Gasteiger partial charge >= 0.3 is 0 Å². The number of nitrogens with zero attached hydrogens (tertiary/aromatic N) is 1. The van der Waals surface area contributed by atoms with Crippen molar-refractivity contribution in [1.29, 1.82) is 0 Å². The molecule has 3 heteroatoms. The number of benzene rings is 3. The van der Waals surface area contributed by atoms with Gasteiger partial charge in [-0.25, -0.2) is 0 Å². The molecule has 1 heterocycles. The second-order valence-electron chi connectivity index (χ2n) is 5.45. The molecule has 0 saturated heterocycles. The molecule has 1 nitrogen and oxygen atoms in total. The van der Waals surface area contributed by atoms with E-state index in [-0.39, 0.29) is 0 Å². The summed E-state index contributed by atoms with van der Waals surface area (Å²) >= 11 is 12.4. The first-order valence-electron chi connectivity index (χ1n) is 7.10. The molecule has 0 amide bonds. The summed E-state index contributed by atoms with van der Waals surface area (Å²) in [4.78, 5) is 0. The van der Waals surface area contributed by atoms with E-state index >= 15 is 0 Å². The zero-order valence-corrected chi connectivity index (χ0v) is 13.5. The highest BCUT2D eigenvalue weighted by molar-refractivity contribution is 6.32. The quantitative estimate of drug-likeness (QED) is 0.381. The number of para-hydroxylation sites is 1. The van der Waals surface area contributed by atoms with Crippen molar-refractivity contribution in [2.75, 3.05) is 0 Å². The third kappa shape index (κ3) is 2.01. The van der Waals surface area contributed by atoms with Crippen LogP contribution in [0.15, 0.2) is 60.7 Å².